The SMILES string of the molecule is COC(=O)CCN(C)CC(C)(C)C(=O)O. The minimum absolute atomic E-state index is 0.280. The van der Waals surface area contributed by atoms with E-state index in [0.717, 1.165) is 0 Å². The number of methoxy groups -OCH3 is 1. The molecule has 0 aliphatic heterocycles. The molecule has 5 nitrogen and oxygen atoms in total. The number of esters is 1. The lowest BCUT2D eigenvalue weighted by molar-refractivity contribution is -0.147. The Hall–Kier alpha value is -1.10. The lowest BCUT2D eigenvalue weighted by Gasteiger charge is -2.26. The van der Waals surface area contributed by atoms with E-state index in [-0.39, 0.29) is 12.4 Å². The summed E-state index contributed by atoms with van der Waals surface area (Å²) in [6.45, 7) is 4.22. The van der Waals surface area contributed by atoms with E-state index in [9.17, 15) is 9.59 Å². The van der Waals surface area contributed by atoms with Crippen LogP contribution in [-0.2, 0) is 14.3 Å². The number of ether oxygens (including phenoxy) is 1. The van der Waals surface area contributed by atoms with E-state index in [4.69, 9.17) is 5.11 Å². The van der Waals surface area contributed by atoms with Crippen molar-refractivity contribution in [3.05, 3.63) is 0 Å². The first-order chi connectivity index (χ1) is 6.79. The molecule has 0 radical (unpaired) electrons. The van der Waals surface area contributed by atoms with E-state index >= 15 is 0 Å². The fourth-order valence-corrected chi connectivity index (χ4v) is 1.21. The van der Waals surface area contributed by atoms with Crippen LogP contribution in [0.15, 0.2) is 0 Å². The zero-order valence-corrected chi connectivity index (χ0v) is 9.74. The van der Waals surface area contributed by atoms with Crippen LogP contribution in [0.25, 0.3) is 0 Å². The monoisotopic (exact) mass is 217 g/mol. The molecule has 5 heteroatoms. The van der Waals surface area contributed by atoms with Crippen LogP contribution in [0.3, 0.4) is 0 Å². The molecule has 0 amide bonds. The van der Waals surface area contributed by atoms with Crippen molar-refractivity contribution in [2.24, 2.45) is 5.41 Å². The predicted octanol–water partition coefficient (Wildman–Crippen LogP) is 0.592. The van der Waals surface area contributed by atoms with Gasteiger partial charge in [0.05, 0.1) is 18.9 Å². The molecule has 88 valence electrons. The van der Waals surface area contributed by atoms with Gasteiger partial charge >= 0.3 is 11.9 Å². The summed E-state index contributed by atoms with van der Waals surface area (Å²) < 4.78 is 4.50. The van der Waals surface area contributed by atoms with Crippen molar-refractivity contribution in [2.45, 2.75) is 20.3 Å². The fourth-order valence-electron chi connectivity index (χ4n) is 1.21. The number of rotatable bonds is 6. The summed E-state index contributed by atoms with van der Waals surface area (Å²) in [4.78, 5) is 23.5. The number of hydrogen-bond donors (Lipinski definition) is 1. The molecule has 0 aliphatic carbocycles. The molecule has 0 aromatic heterocycles. The summed E-state index contributed by atoms with van der Waals surface area (Å²) in [5, 5.41) is 8.90. The highest BCUT2D eigenvalue weighted by atomic mass is 16.5. The first kappa shape index (κ1) is 13.9. The standard InChI is InChI=1S/C10H19NO4/c1-10(2,9(13)14)7-11(3)6-5-8(12)15-4/h5-7H2,1-4H3,(H,13,14). The van der Waals surface area contributed by atoms with Gasteiger partial charge in [0.1, 0.15) is 0 Å². The number of carbonyl (C=O) groups is 2. The van der Waals surface area contributed by atoms with Gasteiger partial charge in [-0.05, 0) is 20.9 Å². The van der Waals surface area contributed by atoms with Crippen molar-refractivity contribution < 1.29 is 19.4 Å². The molecule has 0 heterocycles. The molecule has 0 aromatic rings. The van der Waals surface area contributed by atoms with Gasteiger partial charge in [0.15, 0.2) is 0 Å². The minimum Gasteiger partial charge on any atom is -0.481 e. The van der Waals surface area contributed by atoms with Crippen LogP contribution in [0.2, 0.25) is 0 Å². The Morgan fingerprint density at radius 1 is 1.40 bits per heavy atom. The van der Waals surface area contributed by atoms with E-state index in [1.54, 1.807) is 20.9 Å². The van der Waals surface area contributed by atoms with Crippen LogP contribution in [0, 0.1) is 5.41 Å². The molecular formula is C10H19NO4. The first-order valence-corrected chi connectivity index (χ1v) is 4.78. The summed E-state index contributed by atoms with van der Waals surface area (Å²) in [5.74, 6) is -1.12. The number of carboxylic acids is 1. The molecule has 0 spiro atoms. The quantitative estimate of drug-likeness (QED) is 0.660. The maximum absolute atomic E-state index is 10.9. The zero-order chi connectivity index (χ0) is 12.1. The van der Waals surface area contributed by atoms with E-state index in [1.807, 2.05) is 4.90 Å². The van der Waals surface area contributed by atoms with E-state index in [2.05, 4.69) is 4.74 Å². The predicted molar refractivity (Wildman–Crippen MR) is 55.5 cm³/mol. The van der Waals surface area contributed by atoms with Crippen LogP contribution >= 0.6 is 0 Å². The fraction of sp³-hybridized carbons (Fsp3) is 0.800. The van der Waals surface area contributed by atoms with Gasteiger partial charge in [0.2, 0.25) is 0 Å². The summed E-state index contributed by atoms with van der Waals surface area (Å²) in [6, 6.07) is 0. The Morgan fingerprint density at radius 2 is 1.93 bits per heavy atom. The van der Waals surface area contributed by atoms with Gasteiger partial charge < -0.3 is 14.7 Å². The average Bonchev–Trinajstić information content (AvgIpc) is 2.13. The van der Waals surface area contributed by atoms with Gasteiger partial charge in [-0.1, -0.05) is 0 Å². The third kappa shape index (κ3) is 5.37. The molecule has 0 saturated heterocycles. The normalized spacial score (nSPS) is 11.5. The highest BCUT2D eigenvalue weighted by Gasteiger charge is 2.28. The van der Waals surface area contributed by atoms with Gasteiger partial charge in [0.25, 0.3) is 0 Å². The van der Waals surface area contributed by atoms with Gasteiger partial charge in [-0.25, -0.2) is 0 Å². The van der Waals surface area contributed by atoms with Crippen molar-refractivity contribution in [1.29, 1.82) is 0 Å². The molecule has 0 unspecified atom stereocenters. The highest BCUT2D eigenvalue weighted by molar-refractivity contribution is 5.73. The second-order valence-corrected chi connectivity index (χ2v) is 4.25. The van der Waals surface area contributed by atoms with Crippen LogP contribution in [0.1, 0.15) is 20.3 Å². The third-order valence-electron chi connectivity index (χ3n) is 2.17. The van der Waals surface area contributed by atoms with Crippen LogP contribution < -0.4 is 0 Å². The first-order valence-electron chi connectivity index (χ1n) is 4.78. The Morgan fingerprint density at radius 3 is 2.33 bits per heavy atom. The van der Waals surface area contributed by atoms with E-state index < -0.39 is 11.4 Å². The number of carboxylic acid groups (broad SMARTS) is 1. The Labute approximate surface area is 90.0 Å². The molecule has 0 aliphatic rings. The molecule has 0 rings (SSSR count). The summed E-state index contributed by atoms with van der Waals surface area (Å²) >= 11 is 0. The minimum atomic E-state index is -0.840. The molecule has 0 bridgehead atoms. The maximum Gasteiger partial charge on any atom is 0.310 e. The number of aliphatic carboxylic acids is 1. The third-order valence-corrected chi connectivity index (χ3v) is 2.17. The van der Waals surface area contributed by atoms with Crippen molar-refractivity contribution in [3.8, 4) is 0 Å². The molecule has 15 heavy (non-hydrogen) atoms. The summed E-state index contributed by atoms with van der Waals surface area (Å²) in [6.07, 6.45) is 0.280. The number of carbonyl (C=O) groups excluding carboxylic acids is 1. The lowest BCUT2D eigenvalue weighted by Crippen LogP contribution is -2.38. The topological polar surface area (TPSA) is 66.8 Å². The van der Waals surface area contributed by atoms with Gasteiger partial charge in [-0.15, -0.1) is 0 Å². The van der Waals surface area contributed by atoms with Gasteiger partial charge in [-0.2, -0.15) is 0 Å². The molecule has 0 fully saturated rings. The molecule has 0 atom stereocenters. The summed E-state index contributed by atoms with van der Waals surface area (Å²) in [5.41, 5.74) is -0.801. The van der Waals surface area contributed by atoms with Crippen molar-refractivity contribution in [2.75, 3.05) is 27.2 Å². The van der Waals surface area contributed by atoms with E-state index in [1.165, 1.54) is 7.11 Å². The van der Waals surface area contributed by atoms with Crippen molar-refractivity contribution in [3.63, 3.8) is 0 Å². The maximum atomic E-state index is 10.9. The molecule has 0 saturated carbocycles. The Balaban J connectivity index is 3.98. The molecule has 0 aromatic carbocycles. The summed E-state index contributed by atoms with van der Waals surface area (Å²) in [7, 11) is 3.12. The van der Waals surface area contributed by atoms with Gasteiger partial charge in [0, 0.05) is 13.1 Å². The van der Waals surface area contributed by atoms with Gasteiger partial charge in [-0.3, -0.25) is 9.59 Å². The van der Waals surface area contributed by atoms with Crippen LogP contribution in [-0.4, -0.2) is 49.2 Å². The molecule has 1 N–H and O–H groups in total. The largest absolute Gasteiger partial charge is 0.481 e. The average molecular weight is 217 g/mol. The second kappa shape index (κ2) is 5.70. The van der Waals surface area contributed by atoms with Crippen LogP contribution in [0.4, 0.5) is 0 Å². The van der Waals surface area contributed by atoms with Crippen molar-refractivity contribution >= 4 is 11.9 Å². The Kier molecular flexibility index (Phi) is 5.28. The Bertz CT molecular complexity index is 238. The zero-order valence-electron chi connectivity index (χ0n) is 9.74. The smallest absolute Gasteiger partial charge is 0.310 e. The van der Waals surface area contributed by atoms with Crippen LogP contribution in [0.5, 0.6) is 0 Å². The number of hydrogen-bond acceptors (Lipinski definition) is 4. The van der Waals surface area contributed by atoms with Crippen molar-refractivity contribution in [1.82, 2.24) is 4.90 Å². The highest BCUT2D eigenvalue weighted by Crippen LogP contribution is 2.16. The number of nitrogens with zero attached hydrogens (tertiary/aromatic N) is 1. The second-order valence-electron chi connectivity index (χ2n) is 4.25. The lowest BCUT2D eigenvalue weighted by atomic mass is 9.93. The van der Waals surface area contributed by atoms with E-state index in [0.29, 0.717) is 13.1 Å². The molecular weight excluding hydrogens is 198 g/mol.